The molecule has 0 fully saturated rings. The number of benzene rings is 2. The van der Waals surface area contributed by atoms with Crippen LogP contribution in [0.3, 0.4) is 0 Å². The van der Waals surface area contributed by atoms with E-state index in [0.717, 1.165) is 22.5 Å². The molecule has 1 heterocycles. The second-order valence-electron chi connectivity index (χ2n) is 4.79. The molecule has 3 aromatic rings. The zero-order valence-electron chi connectivity index (χ0n) is 11.6. The van der Waals surface area contributed by atoms with Crippen LogP contribution in [0.1, 0.15) is 11.1 Å². The highest BCUT2D eigenvalue weighted by atomic mass is 19.1. The Kier molecular flexibility index (Phi) is 3.64. The van der Waals surface area contributed by atoms with E-state index in [1.54, 1.807) is 29.2 Å². The normalized spacial score (nSPS) is 10.6. The lowest BCUT2D eigenvalue weighted by atomic mass is 10.1. The fourth-order valence-electron chi connectivity index (χ4n) is 2.21. The largest absolute Gasteiger partial charge is 0.379 e. The SMILES string of the molecule is Cc1cc(F)ccc1CNc1ccccc1-n1ccnn1. The molecule has 1 aromatic heterocycles. The lowest BCUT2D eigenvalue weighted by molar-refractivity contribution is 0.625. The molecule has 21 heavy (non-hydrogen) atoms. The second-order valence-corrected chi connectivity index (χ2v) is 4.79. The Morgan fingerprint density at radius 2 is 2.05 bits per heavy atom. The Hall–Kier alpha value is -2.69. The van der Waals surface area contributed by atoms with Gasteiger partial charge in [0.05, 0.1) is 23.8 Å². The third kappa shape index (κ3) is 2.91. The van der Waals surface area contributed by atoms with Gasteiger partial charge in [-0.2, -0.15) is 0 Å². The average Bonchev–Trinajstić information content (AvgIpc) is 3.01. The molecule has 0 bridgehead atoms. The van der Waals surface area contributed by atoms with E-state index in [9.17, 15) is 4.39 Å². The fourth-order valence-corrected chi connectivity index (χ4v) is 2.21. The third-order valence-electron chi connectivity index (χ3n) is 3.35. The summed E-state index contributed by atoms with van der Waals surface area (Å²) in [6.45, 7) is 2.53. The van der Waals surface area contributed by atoms with Crippen LogP contribution in [0.15, 0.2) is 54.9 Å². The Balaban J connectivity index is 1.83. The molecule has 0 saturated heterocycles. The highest BCUT2D eigenvalue weighted by Crippen LogP contribution is 2.20. The molecule has 0 radical (unpaired) electrons. The van der Waals surface area contributed by atoms with Crippen molar-refractivity contribution in [1.29, 1.82) is 0 Å². The summed E-state index contributed by atoms with van der Waals surface area (Å²) in [6.07, 6.45) is 3.44. The number of hydrogen-bond acceptors (Lipinski definition) is 3. The summed E-state index contributed by atoms with van der Waals surface area (Å²) in [7, 11) is 0. The molecule has 0 atom stereocenters. The van der Waals surface area contributed by atoms with E-state index in [1.807, 2.05) is 31.2 Å². The van der Waals surface area contributed by atoms with Crippen molar-refractivity contribution in [1.82, 2.24) is 15.0 Å². The molecule has 0 unspecified atom stereocenters. The van der Waals surface area contributed by atoms with Gasteiger partial charge in [-0.3, -0.25) is 0 Å². The topological polar surface area (TPSA) is 42.7 Å². The lowest BCUT2D eigenvalue weighted by Crippen LogP contribution is -2.06. The fraction of sp³-hybridized carbons (Fsp3) is 0.125. The number of anilines is 1. The van der Waals surface area contributed by atoms with Gasteiger partial charge in [0.1, 0.15) is 5.82 Å². The number of para-hydroxylation sites is 2. The molecule has 2 aromatic carbocycles. The number of nitrogens with zero attached hydrogens (tertiary/aromatic N) is 3. The van der Waals surface area contributed by atoms with E-state index in [1.165, 1.54) is 6.07 Å². The minimum Gasteiger partial charge on any atom is -0.379 e. The van der Waals surface area contributed by atoms with Crippen molar-refractivity contribution in [3.05, 3.63) is 71.8 Å². The van der Waals surface area contributed by atoms with E-state index < -0.39 is 0 Å². The van der Waals surface area contributed by atoms with Gasteiger partial charge in [-0.15, -0.1) is 5.10 Å². The van der Waals surface area contributed by atoms with Gasteiger partial charge < -0.3 is 5.32 Å². The number of halogens is 1. The monoisotopic (exact) mass is 282 g/mol. The summed E-state index contributed by atoms with van der Waals surface area (Å²) < 4.78 is 14.8. The quantitative estimate of drug-likeness (QED) is 0.798. The van der Waals surface area contributed by atoms with Crippen molar-refractivity contribution in [2.75, 3.05) is 5.32 Å². The van der Waals surface area contributed by atoms with E-state index in [-0.39, 0.29) is 5.82 Å². The molecule has 5 heteroatoms. The third-order valence-corrected chi connectivity index (χ3v) is 3.35. The predicted molar refractivity (Wildman–Crippen MR) is 79.8 cm³/mol. The van der Waals surface area contributed by atoms with Crippen LogP contribution in [0, 0.1) is 12.7 Å². The van der Waals surface area contributed by atoms with Gasteiger partial charge in [0, 0.05) is 6.54 Å². The van der Waals surface area contributed by atoms with Crippen LogP contribution in [0.5, 0.6) is 0 Å². The summed E-state index contributed by atoms with van der Waals surface area (Å²) in [5, 5.41) is 11.2. The van der Waals surface area contributed by atoms with E-state index >= 15 is 0 Å². The highest BCUT2D eigenvalue weighted by molar-refractivity contribution is 5.60. The van der Waals surface area contributed by atoms with E-state index in [0.29, 0.717) is 6.54 Å². The zero-order chi connectivity index (χ0) is 14.7. The van der Waals surface area contributed by atoms with Gasteiger partial charge >= 0.3 is 0 Å². The van der Waals surface area contributed by atoms with Crippen LogP contribution in [-0.4, -0.2) is 15.0 Å². The first-order chi connectivity index (χ1) is 10.2. The summed E-state index contributed by atoms with van der Waals surface area (Å²) in [6, 6.07) is 12.7. The van der Waals surface area contributed by atoms with Crippen LogP contribution in [0.2, 0.25) is 0 Å². The van der Waals surface area contributed by atoms with Gasteiger partial charge in [-0.1, -0.05) is 23.4 Å². The predicted octanol–water partition coefficient (Wildman–Crippen LogP) is 3.33. The second kappa shape index (κ2) is 5.75. The van der Waals surface area contributed by atoms with Crippen LogP contribution in [0.4, 0.5) is 10.1 Å². The molecule has 0 spiro atoms. The molecule has 106 valence electrons. The number of aromatic nitrogens is 3. The van der Waals surface area contributed by atoms with E-state index in [4.69, 9.17) is 0 Å². The van der Waals surface area contributed by atoms with Crippen LogP contribution in [0.25, 0.3) is 5.69 Å². The van der Waals surface area contributed by atoms with Crippen LogP contribution < -0.4 is 5.32 Å². The first-order valence-electron chi connectivity index (χ1n) is 6.68. The molecule has 1 N–H and O–H groups in total. The minimum absolute atomic E-state index is 0.209. The molecule has 0 amide bonds. The molecule has 0 aliphatic heterocycles. The van der Waals surface area contributed by atoms with E-state index in [2.05, 4.69) is 15.6 Å². The van der Waals surface area contributed by atoms with Crippen molar-refractivity contribution in [3.8, 4) is 5.69 Å². The van der Waals surface area contributed by atoms with Crippen molar-refractivity contribution in [2.24, 2.45) is 0 Å². The van der Waals surface area contributed by atoms with Crippen molar-refractivity contribution >= 4 is 5.69 Å². The summed E-state index contributed by atoms with van der Waals surface area (Å²) in [5.74, 6) is -0.209. The molecule has 0 aliphatic carbocycles. The first-order valence-corrected chi connectivity index (χ1v) is 6.68. The first kappa shape index (κ1) is 13.3. The highest BCUT2D eigenvalue weighted by Gasteiger charge is 2.05. The number of aryl methyl sites for hydroxylation is 1. The summed E-state index contributed by atoms with van der Waals surface area (Å²) in [4.78, 5) is 0. The Morgan fingerprint density at radius 1 is 1.19 bits per heavy atom. The standard InChI is InChI=1S/C16H15FN4/c1-12-10-14(17)7-6-13(12)11-18-15-4-2-3-5-16(15)21-9-8-19-20-21/h2-10,18H,11H2,1H3. The van der Waals surface area contributed by atoms with Crippen molar-refractivity contribution < 1.29 is 4.39 Å². The Morgan fingerprint density at radius 3 is 2.81 bits per heavy atom. The Bertz CT molecular complexity index is 738. The van der Waals surface area contributed by atoms with Crippen molar-refractivity contribution in [3.63, 3.8) is 0 Å². The minimum atomic E-state index is -0.209. The number of nitrogens with one attached hydrogen (secondary N) is 1. The summed E-state index contributed by atoms with van der Waals surface area (Å²) in [5.41, 5.74) is 3.87. The molecule has 0 saturated carbocycles. The van der Waals surface area contributed by atoms with Gasteiger partial charge in [0.2, 0.25) is 0 Å². The molecule has 3 rings (SSSR count). The smallest absolute Gasteiger partial charge is 0.123 e. The van der Waals surface area contributed by atoms with Gasteiger partial charge in [0.25, 0.3) is 0 Å². The van der Waals surface area contributed by atoms with Gasteiger partial charge in [-0.05, 0) is 42.3 Å². The maximum Gasteiger partial charge on any atom is 0.123 e. The zero-order valence-corrected chi connectivity index (χ0v) is 11.6. The van der Waals surface area contributed by atoms with Crippen LogP contribution in [-0.2, 0) is 6.54 Å². The van der Waals surface area contributed by atoms with Gasteiger partial charge in [-0.25, -0.2) is 9.07 Å². The molecular formula is C16H15FN4. The molecule has 4 nitrogen and oxygen atoms in total. The van der Waals surface area contributed by atoms with Crippen molar-refractivity contribution in [2.45, 2.75) is 13.5 Å². The molecular weight excluding hydrogens is 267 g/mol. The maximum atomic E-state index is 13.1. The van der Waals surface area contributed by atoms with Gasteiger partial charge in [0.15, 0.2) is 0 Å². The summed E-state index contributed by atoms with van der Waals surface area (Å²) >= 11 is 0. The number of hydrogen-bond donors (Lipinski definition) is 1. The average molecular weight is 282 g/mol. The number of rotatable bonds is 4. The Labute approximate surface area is 122 Å². The maximum absolute atomic E-state index is 13.1. The molecule has 0 aliphatic rings. The van der Waals surface area contributed by atoms with Crippen LogP contribution >= 0.6 is 0 Å². The lowest BCUT2D eigenvalue weighted by Gasteiger charge is -2.13.